The van der Waals surface area contributed by atoms with Gasteiger partial charge in [0.1, 0.15) is 5.82 Å². The first kappa shape index (κ1) is 12.3. The minimum atomic E-state index is 0.725. The number of methoxy groups -OCH3 is 1. The topological polar surface area (TPSA) is 37.4 Å². The molecule has 0 atom stereocenters. The molecule has 0 unspecified atom stereocenters. The van der Waals surface area contributed by atoms with Gasteiger partial charge in [-0.2, -0.15) is 0 Å². The SMILES string of the molecule is COCCN(C)c1ncccc1CNC1CC1. The lowest BCUT2D eigenvalue weighted by Gasteiger charge is -2.20. The molecule has 1 aliphatic carbocycles. The lowest BCUT2D eigenvalue weighted by molar-refractivity contribution is 0.206. The molecule has 0 amide bonds. The first-order chi connectivity index (χ1) is 8.31. The molecule has 1 aromatic heterocycles. The molecule has 0 aliphatic heterocycles. The van der Waals surface area contributed by atoms with Crippen LogP contribution in [0.5, 0.6) is 0 Å². The normalized spacial score (nSPS) is 14.9. The van der Waals surface area contributed by atoms with Crippen molar-refractivity contribution in [2.75, 3.05) is 32.2 Å². The molecule has 1 saturated carbocycles. The van der Waals surface area contributed by atoms with Gasteiger partial charge in [0.15, 0.2) is 0 Å². The molecule has 1 N–H and O–H groups in total. The molecule has 0 bridgehead atoms. The van der Waals surface area contributed by atoms with E-state index in [1.54, 1.807) is 7.11 Å². The molecule has 1 aliphatic rings. The number of nitrogens with zero attached hydrogens (tertiary/aromatic N) is 2. The molecular formula is C13H21N3O. The zero-order valence-corrected chi connectivity index (χ0v) is 10.6. The number of aromatic nitrogens is 1. The van der Waals surface area contributed by atoms with E-state index in [9.17, 15) is 0 Å². The fraction of sp³-hybridized carbons (Fsp3) is 0.615. The zero-order valence-electron chi connectivity index (χ0n) is 10.6. The lowest BCUT2D eigenvalue weighted by atomic mass is 10.2. The van der Waals surface area contributed by atoms with Gasteiger partial charge in [-0.05, 0) is 18.9 Å². The summed E-state index contributed by atoms with van der Waals surface area (Å²) in [6.45, 7) is 2.50. The number of likely N-dealkylation sites (N-methyl/N-ethyl adjacent to an activating group) is 1. The molecule has 0 aromatic carbocycles. The zero-order chi connectivity index (χ0) is 12.1. The third-order valence-electron chi connectivity index (χ3n) is 3.02. The molecule has 1 fully saturated rings. The summed E-state index contributed by atoms with van der Waals surface area (Å²) >= 11 is 0. The van der Waals surface area contributed by atoms with Crippen LogP contribution in [0.3, 0.4) is 0 Å². The van der Waals surface area contributed by atoms with Crippen LogP contribution in [0.4, 0.5) is 5.82 Å². The minimum absolute atomic E-state index is 0.725. The Morgan fingerprint density at radius 3 is 3.06 bits per heavy atom. The van der Waals surface area contributed by atoms with Gasteiger partial charge >= 0.3 is 0 Å². The van der Waals surface area contributed by atoms with Crippen molar-refractivity contribution in [1.29, 1.82) is 0 Å². The van der Waals surface area contributed by atoms with Crippen molar-refractivity contribution in [2.24, 2.45) is 0 Å². The number of nitrogens with one attached hydrogen (secondary N) is 1. The van der Waals surface area contributed by atoms with Gasteiger partial charge in [0.25, 0.3) is 0 Å². The minimum Gasteiger partial charge on any atom is -0.383 e. The van der Waals surface area contributed by atoms with E-state index in [2.05, 4.69) is 28.3 Å². The molecular weight excluding hydrogens is 214 g/mol. The third-order valence-corrected chi connectivity index (χ3v) is 3.02. The van der Waals surface area contributed by atoms with Crippen LogP contribution in [0.25, 0.3) is 0 Å². The Labute approximate surface area is 103 Å². The number of pyridine rings is 1. The lowest BCUT2D eigenvalue weighted by Crippen LogP contribution is -2.26. The molecule has 2 rings (SSSR count). The molecule has 1 aromatic rings. The summed E-state index contributed by atoms with van der Waals surface area (Å²) in [7, 11) is 3.78. The predicted octanol–water partition coefficient (Wildman–Crippen LogP) is 1.42. The number of rotatable bonds is 7. The summed E-state index contributed by atoms with van der Waals surface area (Å²) in [6.07, 6.45) is 4.48. The van der Waals surface area contributed by atoms with E-state index >= 15 is 0 Å². The quantitative estimate of drug-likeness (QED) is 0.775. The molecule has 0 saturated heterocycles. The van der Waals surface area contributed by atoms with Crippen molar-refractivity contribution in [1.82, 2.24) is 10.3 Å². The summed E-state index contributed by atoms with van der Waals surface area (Å²) in [5.41, 5.74) is 1.26. The summed E-state index contributed by atoms with van der Waals surface area (Å²) in [5.74, 6) is 1.05. The standard InChI is InChI=1S/C13H21N3O/c1-16(8-9-17-2)13-11(4-3-7-14-13)10-15-12-5-6-12/h3-4,7,12,15H,5-6,8-10H2,1-2H3. The van der Waals surface area contributed by atoms with Crippen LogP contribution >= 0.6 is 0 Å². The highest BCUT2D eigenvalue weighted by Crippen LogP contribution is 2.21. The van der Waals surface area contributed by atoms with Gasteiger partial charge in [0.2, 0.25) is 0 Å². The second kappa shape index (κ2) is 5.98. The van der Waals surface area contributed by atoms with Gasteiger partial charge in [-0.1, -0.05) is 6.07 Å². The number of hydrogen-bond acceptors (Lipinski definition) is 4. The van der Waals surface area contributed by atoms with Crippen molar-refractivity contribution >= 4 is 5.82 Å². The van der Waals surface area contributed by atoms with E-state index < -0.39 is 0 Å². The highest BCUT2D eigenvalue weighted by molar-refractivity contribution is 5.45. The Morgan fingerprint density at radius 1 is 1.53 bits per heavy atom. The monoisotopic (exact) mass is 235 g/mol. The van der Waals surface area contributed by atoms with Gasteiger partial charge in [-0.15, -0.1) is 0 Å². The fourth-order valence-electron chi connectivity index (χ4n) is 1.79. The van der Waals surface area contributed by atoms with Gasteiger partial charge in [-0.25, -0.2) is 4.98 Å². The summed E-state index contributed by atoms with van der Waals surface area (Å²) in [4.78, 5) is 6.61. The second-order valence-corrected chi connectivity index (χ2v) is 4.56. The van der Waals surface area contributed by atoms with E-state index in [1.165, 1.54) is 18.4 Å². The Balaban J connectivity index is 1.97. The molecule has 17 heavy (non-hydrogen) atoms. The summed E-state index contributed by atoms with van der Waals surface area (Å²) in [6, 6.07) is 4.87. The maximum absolute atomic E-state index is 5.10. The van der Waals surface area contributed by atoms with E-state index in [0.29, 0.717) is 0 Å². The maximum Gasteiger partial charge on any atom is 0.132 e. The second-order valence-electron chi connectivity index (χ2n) is 4.56. The van der Waals surface area contributed by atoms with Crippen LogP contribution in [0.15, 0.2) is 18.3 Å². The molecule has 4 nitrogen and oxygen atoms in total. The molecule has 94 valence electrons. The first-order valence-corrected chi connectivity index (χ1v) is 6.18. The number of hydrogen-bond donors (Lipinski definition) is 1. The Kier molecular flexibility index (Phi) is 4.34. The van der Waals surface area contributed by atoms with Crippen LogP contribution < -0.4 is 10.2 Å². The molecule has 0 spiro atoms. The largest absolute Gasteiger partial charge is 0.383 e. The molecule has 4 heteroatoms. The Bertz CT molecular complexity index is 352. The van der Waals surface area contributed by atoms with E-state index in [4.69, 9.17) is 4.74 Å². The fourth-order valence-corrected chi connectivity index (χ4v) is 1.79. The first-order valence-electron chi connectivity index (χ1n) is 6.18. The van der Waals surface area contributed by atoms with Crippen molar-refractivity contribution < 1.29 is 4.74 Å². The Hall–Kier alpha value is -1.13. The smallest absolute Gasteiger partial charge is 0.132 e. The maximum atomic E-state index is 5.10. The molecule has 0 radical (unpaired) electrons. The van der Waals surface area contributed by atoms with Crippen LogP contribution in [0, 0.1) is 0 Å². The number of anilines is 1. The van der Waals surface area contributed by atoms with Crippen LogP contribution in [0.1, 0.15) is 18.4 Å². The Morgan fingerprint density at radius 2 is 2.35 bits per heavy atom. The van der Waals surface area contributed by atoms with Gasteiger partial charge < -0.3 is 15.0 Å². The van der Waals surface area contributed by atoms with Crippen LogP contribution in [0.2, 0.25) is 0 Å². The average molecular weight is 235 g/mol. The van der Waals surface area contributed by atoms with Crippen molar-refractivity contribution in [2.45, 2.75) is 25.4 Å². The van der Waals surface area contributed by atoms with Crippen LogP contribution in [-0.2, 0) is 11.3 Å². The van der Waals surface area contributed by atoms with E-state index in [0.717, 1.165) is 31.6 Å². The molecule has 1 heterocycles. The van der Waals surface area contributed by atoms with Gasteiger partial charge in [-0.3, -0.25) is 0 Å². The van der Waals surface area contributed by atoms with Crippen molar-refractivity contribution in [3.8, 4) is 0 Å². The van der Waals surface area contributed by atoms with Gasteiger partial charge in [0, 0.05) is 45.0 Å². The highest BCUT2D eigenvalue weighted by atomic mass is 16.5. The van der Waals surface area contributed by atoms with Crippen molar-refractivity contribution in [3.63, 3.8) is 0 Å². The van der Waals surface area contributed by atoms with Gasteiger partial charge in [0.05, 0.1) is 6.61 Å². The predicted molar refractivity (Wildman–Crippen MR) is 69.2 cm³/mol. The summed E-state index contributed by atoms with van der Waals surface area (Å²) in [5, 5.41) is 3.53. The van der Waals surface area contributed by atoms with E-state index in [-0.39, 0.29) is 0 Å². The average Bonchev–Trinajstić information content (AvgIpc) is 3.18. The summed E-state index contributed by atoms with van der Waals surface area (Å²) < 4.78 is 5.10. The third kappa shape index (κ3) is 3.68. The van der Waals surface area contributed by atoms with E-state index in [1.807, 2.05) is 12.3 Å². The number of ether oxygens (including phenoxy) is 1. The van der Waals surface area contributed by atoms with Crippen molar-refractivity contribution in [3.05, 3.63) is 23.9 Å². The highest BCUT2D eigenvalue weighted by Gasteiger charge is 2.20. The van der Waals surface area contributed by atoms with Crippen LogP contribution in [-0.4, -0.2) is 38.3 Å².